The highest BCUT2D eigenvalue weighted by Gasteiger charge is 2.54. The number of ketones is 1. The summed E-state index contributed by atoms with van der Waals surface area (Å²) in [5.74, 6) is -2.28. The number of aliphatic hydroxyl groups excluding tert-OH is 4. The van der Waals surface area contributed by atoms with Crippen molar-refractivity contribution in [1.82, 2.24) is 0 Å². The first kappa shape index (κ1) is 20.2. The summed E-state index contributed by atoms with van der Waals surface area (Å²) in [5, 5.41) is 39.1. The summed E-state index contributed by atoms with van der Waals surface area (Å²) in [7, 11) is 1.21. The lowest BCUT2D eigenvalue weighted by atomic mass is 9.83. The topological polar surface area (TPSA) is 152 Å². The normalized spacial score (nSPS) is 44.3. The maximum atomic E-state index is 12.4. The third-order valence-corrected chi connectivity index (χ3v) is 5.43. The molecule has 0 spiro atoms. The highest BCUT2D eigenvalue weighted by Crippen LogP contribution is 2.45. The molecule has 0 aromatic rings. The summed E-state index contributed by atoms with van der Waals surface area (Å²) >= 11 is 0. The first-order chi connectivity index (χ1) is 12.8. The molecule has 152 valence electrons. The SMILES string of the molecule is COC(=O)C1=CO[C@@H](O[C@@H]2O[C@H](CO)[C@@H](O)[C@H](O)[C@H]2O)[C@H]2[C@@H]1C(=O)C[C@@H]2C. The summed E-state index contributed by atoms with van der Waals surface area (Å²) in [4.78, 5) is 24.4. The van der Waals surface area contributed by atoms with Crippen LogP contribution in [0.4, 0.5) is 0 Å². The first-order valence-electron chi connectivity index (χ1n) is 8.72. The average Bonchev–Trinajstić information content (AvgIpc) is 2.96. The van der Waals surface area contributed by atoms with Crippen LogP contribution in [-0.2, 0) is 28.5 Å². The van der Waals surface area contributed by atoms with Crippen molar-refractivity contribution in [3.05, 3.63) is 11.8 Å². The number of carbonyl (C=O) groups is 2. The molecule has 10 heteroatoms. The standard InChI is InChI=1S/C17H24O10/c1-6-3-8(19)11-7(15(23)24-2)5-25-16(10(6)11)27-17-14(22)13(21)12(20)9(4-18)26-17/h5-6,9-14,16-18,20-22H,3-4H2,1-2H3/t6-,9+,10+,11-,12+,13-,14+,16-,17-/m0/s1. The molecule has 3 aliphatic rings. The number of Topliss-reactive ketones (excluding diaryl/α,β-unsaturated/α-hetero) is 1. The van der Waals surface area contributed by atoms with Gasteiger partial charge in [0.2, 0.25) is 6.29 Å². The van der Waals surface area contributed by atoms with Crippen molar-refractivity contribution in [3.63, 3.8) is 0 Å². The molecule has 10 nitrogen and oxygen atoms in total. The molecule has 4 N–H and O–H groups in total. The third kappa shape index (κ3) is 3.48. The van der Waals surface area contributed by atoms with Crippen molar-refractivity contribution in [2.45, 2.75) is 50.3 Å². The van der Waals surface area contributed by atoms with Crippen LogP contribution in [0, 0.1) is 17.8 Å². The van der Waals surface area contributed by atoms with Gasteiger partial charge >= 0.3 is 5.97 Å². The zero-order valence-electron chi connectivity index (χ0n) is 14.9. The Bertz CT molecular complexity index is 617. The Morgan fingerprint density at radius 1 is 1.22 bits per heavy atom. The highest BCUT2D eigenvalue weighted by atomic mass is 16.8. The highest BCUT2D eigenvalue weighted by molar-refractivity contribution is 5.99. The molecule has 2 heterocycles. The monoisotopic (exact) mass is 388 g/mol. The lowest BCUT2D eigenvalue weighted by molar-refractivity contribution is -0.342. The van der Waals surface area contributed by atoms with Crippen LogP contribution in [0.1, 0.15) is 13.3 Å². The average molecular weight is 388 g/mol. The van der Waals surface area contributed by atoms with Gasteiger partial charge in [-0.2, -0.15) is 0 Å². The van der Waals surface area contributed by atoms with Gasteiger partial charge in [-0.1, -0.05) is 6.92 Å². The smallest absolute Gasteiger partial charge is 0.337 e. The van der Waals surface area contributed by atoms with Gasteiger partial charge in [-0.05, 0) is 5.92 Å². The zero-order valence-corrected chi connectivity index (χ0v) is 14.9. The molecule has 0 amide bonds. The van der Waals surface area contributed by atoms with Gasteiger partial charge in [-0.3, -0.25) is 4.79 Å². The molecule has 2 fully saturated rings. The van der Waals surface area contributed by atoms with Gasteiger partial charge in [0.25, 0.3) is 0 Å². The van der Waals surface area contributed by atoms with Gasteiger partial charge in [-0.25, -0.2) is 4.79 Å². The molecule has 9 atom stereocenters. The Labute approximate surface area is 155 Å². The second-order valence-electron chi connectivity index (χ2n) is 7.11. The van der Waals surface area contributed by atoms with Gasteiger partial charge in [0.15, 0.2) is 6.29 Å². The number of aliphatic hydroxyl groups is 4. The molecule has 27 heavy (non-hydrogen) atoms. The quantitative estimate of drug-likeness (QED) is 0.400. The van der Waals surface area contributed by atoms with Crippen LogP contribution in [0.3, 0.4) is 0 Å². The Hall–Kier alpha value is -1.56. The van der Waals surface area contributed by atoms with Crippen LogP contribution in [0.15, 0.2) is 11.8 Å². The van der Waals surface area contributed by atoms with E-state index in [1.165, 1.54) is 7.11 Å². The number of methoxy groups -OCH3 is 1. The molecule has 0 radical (unpaired) electrons. The van der Waals surface area contributed by atoms with E-state index in [9.17, 15) is 30.0 Å². The molecule has 3 rings (SSSR count). The van der Waals surface area contributed by atoms with Gasteiger partial charge in [0.05, 0.1) is 31.5 Å². The van der Waals surface area contributed by atoms with Crippen LogP contribution in [0.25, 0.3) is 0 Å². The van der Waals surface area contributed by atoms with E-state index in [4.69, 9.17) is 18.9 Å². The second-order valence-corrected chi connectivity index (χ2v) is 7.11. The number of hydrogen-bond acceptors (Lipinski definition) is 10. The van der Waals surface area contributed by atoms with Crippen molar-refractivity contribution in [2.24, 2.45) is 17.8 Å². The molecule has 1 saturated heterocycles. The van der Waals surface area contributed by atoms with E-state index in [2.05, 4.69) is 0 Å². The molecule has 2 aliphatic heterocycles. The second kappa shape index (κ2) is 7.82. The molecule has 1 saturated carbocycles. The minimum absolute atomic E-state index is 0.102. The van der Waals surface area contributed by atoms with Crippen LogP contribution < -0.4 is 0 Å². The van der Waals surface area contributed by atoms with Crippen LogP contribution in [0.2, 0.25) is 0 Å². The summed E-state index contributed by atoms with van der Waals surface area (Å²) in [6.45, 7) is 1.22. The predicted octanol–water partition coefficient (Wildman–Crippen LogP) is -1.94. The predicted molar refractivity (Wildman–Crippen MR) is 85.6 cm³/mol. The molecular formula is C17H24O10. The van der Waals surface area contributed by atoms with Gasteiger partial charge in [0.1, 0.15) is 30.2 Å². The van der Waals surface area contributed by atoms with Crippen molar-refractivity contribution in [2.75, 3.05) is 13.7 Å². The first-order valence-corrected chi connectivity index (χ1v) is 8.72. The summed E-state index contributed by atoms with van der Waals surface area (Å²) in [6, 6.07) is 0. The molecule has 0 aromatic carbocycles. The Morgan fingerprint density at radius 3 is 2.56 bits per heavy atom. The zero-order chi connectivity index (χ0) is 19.9. The van der Waals surface area contributed by atoms with E-state index in [-0.39, 0.29) is 23.7 Å². The lowest BCUT2D eigenvalue weighted by Gasteiger charge is -2.42. The van der Waals surface area contributed by atoms with Crippen LogP contribution in [-0.4, -0.2) is 82.9 Å². The van der Waals surface area contributed by atoms with E-state index in [1.807, 2.05) is 6.92 Å². The van der Waals surface area contributed by atoms with Crippen molar-refractivity contribution >= 4 is 11.8 Å². The third-order valence-electron chi connectivity index (χ3n) is 5.43. The lowest BCUT2D eigenvalue weighted by Crippen LogP contribution is -2.60. The molecule has 0 unspecified atom stereocenters. The van der Waals surface area contributed by atoms with E-state index in [0.29, 0.717) is 0 Å². The summed E-state index contributed by atoms with van der Waals surface area (Å²) in [6.07, 6.45) is -6.93. The summed E-state index contributed by atoms with van der Waals surface area (Å²) in [5.41, 5.74) is 0.102. The largest absolute Gasteiger partial charge is 0.472 e. The van der Waals surface area contributed by atoms with Gasteiger partial charge in [-0.15, -0.1) is 0 Å². The molecule has 1 aliphatic carbocycles. The fourth-order valence-corrected chi connectivity index (χ4v) is 3.96. The van der Waals surface area contributed by atoms with Crippen LogP contribution >= 0.6 is 0 Å². The molecule has 0 aromatic heterocycles. The number of carbonyl (C=O) groups excluding carboxylic acids is 2. The van der Waals surface area contributed by atoms with Crippen molar-refractivity contribution in [3.8, 4) is 0 Å². The number of ether oxygens (including phenoxy) is 4. The maximum absolute atomic E-state index is 12.4. The number of fused-ring (bicyclic) bond motifs is 1. The Morgan fingerprint density at radius 2 is 1.93 bits per heavy atom. The van der Waals surface area contributed by atoms with Crippen LogP contribution in [0.5, 0.6) is 0 Å². The van der Waals surface area contributed by atoms with E-state index < -0.39 is 61.4 Å². The Balaban J connectivity index is 1.82. The number of rotatable bonds is 4. The molecule has 0 bridgehead atoms. The molecular weight excluding hydrogens is 364 g/mol. The number of hydrogen-bond donors (Lipinski definition) is 4. The Kier molecular flexibility index (Phi) is 5.84. The van der Waals surface area contributed by atoms with Gasteiger partial charge < -0.3 is 39.4 Å². The summed E-state index contributed by atoms with van der Waals surface area (Å²) < 4.78 is 21.2. The van der Waals surface area contributed by atoms with E-state index in [1.54, 1.807) is 0 Å². The fraction of sp³-hybridized carbons (Fsp3) is 0.765. The van der Waals surface area contributed by atoms with E-state index >= 15 is 0 Å². The maximum Gasteiger partial charge on any atom is 0.337 e. The fourth-order valence-electron chi connectivity index (χ4n) is 3.96. The minimum Gasteiger partial charge on any atom is -0.472 e. The van der Waals surface area contributed by atoms with Crippen molar-refractivity contribution in [1.29, 1.82) is 0 Å². The number of esters is 1. The van der Waals surface area contributed by atoms with Gasteiger partial charge in [0, 0.05) is 12.3 Å². The minimum atomic E-state index is -1.59. The van der Waals surface area contributed by atoms with E-state index in [0.717, 1.165) is 6.26 Å². The van der Waals surface area contributed by atoms with Crippen molar-refractivity contribution < 1.29 is 49.0 Å².